The van der Waals surface area contributed by atoms with E-state index in [1.807, 2.05) is 24.3 Å². The zero-order valence-corrected chi connectivity index (χ0v) is 16.0. The third-order valence-electron chi connectivity index (χ3n) is 4.74. The summed E-state index contributed by atoms with van der Waals surface area (Å²) in [6.07, 6.45) is 0. The van der Waals surface area contributed by atoms with Crippen LogP contribution in [0.4, 0.5) is 0 Å². The molecule has 1 aromatic carbocycles. The Hall–Kier alpha value is -2.90. The molecule has 8 heteroatoms. The molecule has 0 spiro atoms. The average molecular weight is 372 g/mol. The second kappa shape index (κ2) is 7.02. The van der Waals surface area contributed by atoms with Gasteiger partial charge < -0.3 is 19.3 Å². The first-order valence-corrected chi connectivity index (χ1v) is 8.81. The van der Waals surface area contributed by atoms with Crippen LogP contribution in [0.15, 0.2) is 24.3 Å². The quantitative estimate of drug-likeness (QED) is 0.878. The Labute approximate surface area is 157 Å². The van der Waals surface area contributed by atoms with Gasteiger partial charge in [0.2, 0.25) is 0 Å². The third-order valence-corrected chi connectivity index (χ3v) is 4.74. The van der Waals surface area contributed by atoms with E-state index in [0.717, 1.165) is 5.56 Å². The number of hydrogen-bond acceptors (Lipinski definition) is 5. The number of carboxylic acids is 1. The highest BCUT2D eigenvalue weighted by Gasteiger charge is 2.36. The van der Waals surface area contributed by atoms with Gasteiger partial charge in [-0.05, 0) is 30.0 Å². The number of rotatable bonds is 4. The lowest BCUT2D eigenvalue weighted by Gasteiger charge is -2.33. The van der Waals surface area contributed by atoms with Crippen LogP contribution in [-0.2, 0) is 28.1 Å². The Kier molecular flexibility index (Phi) is 4.91. The molecule has 3 rings (SSSR count). The number of carbonyl (C=O) groups is 2. The molecule has 0 saturated heterocycles. The number of benzene rings is 1. The molecule has 1 aliphatic heterocycles. The summed E-state index contributed by atoms with van der Waals surface area (Å²) in [4.78, 5) is 25.5. The SMILES string of the molecule is Cc1nnc2n1CC(C(=O)O)N(C(=O)COc1ccc(C(C)(C)C)cc1)C2. The first-order valence-electron chi connectivity index (χ1n) is 8.81. The Morgan fingerprint density at radius 3 is 2.48 bits per heavy atom. The molecule has 0 fully saturated rings. The number of fused-ring (bicyclic) bond motifs is 1. The summed E-state index contributed by atoms with van der Waals surface area (Å²) in [7, 11) is 0. The van der Waals surface area contributed by atoms with Gasteiger partial charge in [0.05, 0.1) is 13.1 Å². The van der Waals surface area contributed by atoms with Gasteiger partial charge in [-0.2, -0.15) is 0 Å². The van der Waals surface area contributed by atoms with Crippen molar-refractivity contribution in [2.45, 2.75) is 52.2 Å². The molecule has 0 aliphatic carbocycles. The molecule has 1 N–H and O–H groups in total. The lowest BCUT2D eigenvalue weighted by Crippen LogP contribution is -2.52. The standard InChI is InChI=1S/C19H24N4O4/c1-12-20-21-16-10-23(15(18(25)26)9-22(12)16)17(24)11-27-14-7-5-13(6-8-14)19(2,3)4/h5-8,15H,9-11H2,1-4H3,(H,25,26). The van der Waals surface area contributed by atoms with Gasteiger partial charge in [0, 0.05) is 0 Å². The molecule has 2 aromatic rings. The Morgan fingerprint density at radius 1 is 1.22 bits per heavy atom. The largest absolute Gasteiger partial charge is 0.484 e. The number of hydrogen-bond donors (Lipinski definition) is 1. The maximum atomic E-state index is 12.6. The van der Waals surface area contributed by atoms with Crippen molar-refractivity contribution in [2.75, 3.05) is 6.61 Å². The smallest absolute Gasteiger partial charge is 0.328 e. The molecule has 2 heterocycles. The fourth-order valence-electron chi connectivity index (χ4n) is 3.07. The van der Waals surface area contributed by atoms with Gasteiger partial charge in [-0.3, -0.25) is 4.79 Å². The molecular weight excluding hydrogens is 348 g/mol. The summed E-state index contributed by atoms with van der Waals surface area (Å²) in [6, 6.07) is 6.60. The van der Waals surface area contributed by atoms with E-state index in [4.69, 9.17) is 4.74 Å². The van der Waals surface area contributed by atoms with E-state index >= 15 is 0 Å². The van der Waals surface area contributed by atoms with E-state index in [2.05, 4.69) is 31.0 Å². The molecule has 0 saturated carbocycles. The molecule has 1 aliphatic rings. The van der Waals surface area contributed by atoms with Crippen molar-refractivity contribution in [1.29, 1.82) is 0 Å². The molecular formula is C19H24N4O4. The normalized spacial score (nSPS) is 16.7. The number of nitrogens with zero attached hydrogens (tertiary/aromatic N) is 4. The Balaban J connectivity index is 1.68. The number of amides is 1. The van der Waals surface area contributed by atoms with Gasteiger partial charge in [-0.1, -0.05) is 32.9 Å². The minimum atomic E-state index is -1.06. The molecule has 8 nitrogen and oxygen atoms in total. The molecule has 1 aromatic heterocycles. The van der Waals surface area contributed by atoms with Crippen molar-refractivity contribution in [3.05, 3.63) is 41.5 Å². The van der Waals surface area contributed by atoms with Crippen LogP contribution in [0.2, 0.25) is 0 Å². The predicted molar refractivity (Wildman–Crippen MR) is 97.4 cm³/mol. The van der Waals surface area contributed by atoms with Crippen LogP contribution in [0, 0.1) is 6.92 Å². The van der Waals surface area contributed by atoms with Crippen LogP contribution >= 0.6 is 0 Å². The Bertz CT molecular complexity index is 852. The summed E-state index contributed by atoms with van der Waals surface area (Å²) >= 11 is 0. The zero-order chi connectivity index (χ0) is 19.8. The Morgan fingerprint density at radius 2 is 1.89 bits per heavy atom. The van der Waals surface area contributed by atoms with E-state index in [-0.39, 0.29) is 25.1 Å². The van der Waals surface area contributed by atoms with Crippen molar-refractivity contribution in [3.8, 4) is 5.75 Å². The van der Waals surface area contributed by atoms with Crippen LogP contribution in [0.25, 0.3) is 0 Å². The van der Waals surface area contributed by atoms with Crippen molar-refractivity contribution in [1.82, 2.24) is 19.7 Å². The molecule has 1 atom stereocenters. The van der Waals surface area contributed by atoms with Gasteiger partial charge >= 0.3 is 5.97 Å². The molecule has 27 heavy (non-hydrogen) atoms. The number of ether oxygens (including phenoxy) is 1. The number of aromatic nitrogens is 3. The average Bonchev–Trinajstić information content (AvgIpc) is 2.98. The maximum Gasteiger partial charge on any atom is 0.328 e. The lowest BCUT2D eigenvalue weighted by atomic mass is 9.87. The molecule has 0 radical (unpaired) electrons. The highest BCUT2D eigenvalue weighted by Crippen LogP contribution is 2.24. The fourth-order valence-corrected chi connectivity index (χ4v) is 3.07. The summed E-state index contributed by atoms with van der Waals surface area (Å²) < 4.78 is 7.31. The van der Waals surface area contributed by atoms with Crippen molar-refractivity contribution in [3.63, 3.8) is 0 Å². The third kappa shape index (κ3) is 3.94. The number of aryl methyl sites for hydroxylation is 1. The number of aliphatic carboxylic acids is 1. The minimum Gasteiger partial charge on any atom is -0.484 e. The van der Waals surface area contributed by atoms with Crippen molar-refractivity contribution < 1.29 is 19.4 Å². The minimum absolute atomic E-state index is 0.0327. The van der Waals surface area contributed by atoms with Gasteiger partial charge in [-0.25, -0.2) is 4.79 Å². The van der Waals surface area contributed by atoms with Crippen LogP contribution in [-0.4, -0.2) is 49.3 Å². The monoisotopic (exact) mass is 372 g/mol. The predicted octanol–water partition coefficient (Wildman–Crippen LogP) is 1.76. The second-order valence-electron chi connectivity index (χ2n) is 7.71. The van der Waals surface area contributed by atoms with Gasteiger partial charge in [-0.15, -0.1) is 10.2 Å². The van der Waals surface area contributed by atoms with E-state index in [0.29, 0.717) is 17.4 Å². The molecule has 1 amide bonds. The van der Waals surface area contributed by atoms with Gasteiger partial charge in [0.15, 0.2) is 12.4 Å². The highest BCUT2D eigenvalue weighted by molar-refractivity contribution is 5.84. The lowest BCUT2D eigenvalue weighted by molar-refractivity contribution is -0.153. The zero-order valence-electron chi connectivity index (χ0n) is 16.0. The van der Waals surface area contributed by atoms with Crippen LogP contribution in [0.3, 0.4) is 0 Å². The van der Waals surface area contributed by atoms with E-state index < -0.39 is 17.9 Å². The van der Waals surface area contributed by atoms with Gasteiger partial charge in [0.25, 0.3) is 5.91 Å². The number of carbonyl (C=O) groups excluding carboxylic acids is 1. The van der Waals surface area contributed by atoms with E-state index in [1.54, 1.807) is 11.5 Å². The van der Waals surface area contributed by atoms with Crippen molar-refractivity contribution >= 4 is 11.9 Å². The van der Waals surface area contributed by atoms with Crippen LogP contribution < -0.4 is 4.74 Å². The summed E-state index contributed by atoms with van der Waals surface area (Å²) in [6.45, 7) is 8.13. The maximum absolute atomic E-state index is 12.6. The van der Waals surface area contributed by atoms with Crippen LogP contribution in [0.1, 0.15) is 38.0 Å². The van der Waals surface area contributed by atoms with E-state index in [1.165, 1.54) is 4.90 Å². The number of carboxylic acid groups (broad SMARTS) is 1. The van der Waals surface area contributed by atoms with Crippen molar-refractivity contribution in [2.24, 2.45) is 0 Å². The van der Waals surface area contributed by atoms with Crippen LogP contribution in [0.5, 0.6) is 5.75 Å². The summed E-state index contributed by atoms with van der Waals surface area (Å²) in [5.41, 5.74) is 1.20. The summed E-state index contributed by atoms with van der Waals surface area (Å²) in [5, 5.41) is 17.5. The fraction of sp³-hybridized carbons (Fsp3) is 0.474. The first kappa shape index (κ1) is 18.9. The molecule has 0 bridgehead atoms. The first-order chi connectivity index (χ1) is 12.7. The summed E-state index contributed by atoms with van der Waals surface area (Å²) in [5.74, 6) is 0.330. The molecule has 1 unspecified atom stereocenters. The van der Waals surface area contributed by atoms with E-state index in [9.17, 15) is 14.7 Å². The second-order valence-corrected chi connectivity index (χ2v) is 7.71. The van der Waals surface area contributed by atoms with Gasteiger partial charge in [0.1, 0.15) is 17.6 Å². The topological polar surface area (TPSA) is 97.5 Å². The highest BCUT2D eigenvalue weighted by atomic mass is 16.5. The molecule has 144 valence electrons.